The number of aliphatic hydroxyl groups is 1. The van der Waals surface area contributed by atoms with Crippen LogP contribution >= 0.6 is 11.8 Å². The second kappa shape index (κ2) is 7.77. The number of benzene rings is 1. The van der Waals surface area contributed by atoms with Crippen LogP contribution in [0.25, 0.3) is 0 Å². The molecule has 3 unspecified atom stereocenters. The van der Waals surface area contributed by atoms with Gasteiger partial charge in [-0.3, -0.25) is 0 Å². The zero-order chi connectivity index (χ0) is 17.2. The molecule has 2 saturated heterocycles. The summed E-state index contributed by atoms with van der Waals surface area (Å²) in [7, 11) is -3.14. The summed E-state index contributed by atoms with van der Waals surface area (Å²) < 4.78 is 23.1. The summed E-state index contributed by atoms with van der Waals surface area (Å²) in [5.41, 5.74) is 1.14. The maximum atomic E-state index is 11.6. The van der Waals surface area contributed by atoms with E-state index in [2.05, 4.69) is 5.32 Å². The lowest BCUT2D eigenvalue weighted by Gasteiger charge is -2.33. The molecule has 2 heterocycles. The molecule has 4 nitrogen and oxygen atoms in total. The van der Waals surface area contributed by atoms with Gasteiger partial charge in [0.2, 0.25) is 0 Å². The van der Waals surface area contributed by atoms with Crippen molar-refractivity contribution < 1.29 is 13.5 Å². The Morgan fingerprint density at radius 1 is 1.21 bits per heavy atom. The number of aliphatic hydroxyl groups excluding tert-OH is 1. The Morgan fingerprint density at radius 2 is 1.96 bits per heavy atom. The van der Waals surface area contributed by atoms with E-state index < -0.39 is 9.84 Å². The average Bonchev–Trinajstić information content (AvgIpc) is 3.09. The molecule has 2 fully saturated rings. The summed E-state index contributed by atoms with van der Waals surface area (Å²) >= 11 is 1.91. The Balaban J connectivity index is 1.60. The molecule has 2 aliphatic heterocycles. The number of rotatable bonds is 5. The highest BCUT2D eigenvalue weighted by molar-refractivity contribution is 8.00. The van der Waals surface area contributed by atoms with Crippen molar-refractivity contribution >= 4 is 21.6 Å². The first-order valence-corrected chi connectivity index (χ1v) is 11.7. The lowest BCUT2D eigenvalue weighted by atomic mass is 9.90. The molecule has 0 amide bonds. The van der Waals surface area contributed by atoms with Crippen LogP contribution < -0.4 is 5.32 Å². The quantitative estimate of drug-likeness (QED) is 0.835. The van der Waals surface area contributed by atoms with Gasteiger partial charge in [0.1, 0.15) is 0 Å². The minimum atomic E-state index is -3.14. The normalized spacial score (nSPS) is 29.5. The van der Waals surface area contributed by atoms with E-state index in [-0.39, 0.29) is 12.1 Å². The van der Waals surface area contributed by atoms with Gasteiger partial charge in [-0.05, 0) is 55.6 Å². The fraction of sp³-hybridized carbons (Fsp3) is 0.667. The first-order chi connectivity index (χ1) is 11.4. The van der Waals surface area contributed by atoms with Gasteiger partial charge in [-0.15, -0.1) is 0 Å². The third-order valence-corrected chi connectivity index (χ3v) is 7.74. The number of piperidine rings is 1. The maximum Gasteiger partial charge on any atom is 0.175 e. The number of thioether (sulfide) groups is 1. The number of hydrogen-bond donors (Lipinski definition) is 2. The molecule has 2 aliphatic rings. The summed E-state index contributed by atoms with van der Waals surface area (Å²) in [6, 6.07) is 7.81. The van der Waals surface area contributed by atoms with Gasteiger partial charge in [0.05, 0.1) is 11.0 Å². The predicted octanol–water partition coefficient (Wildman–Crippen LogP) is 2.92. The Hall–Kier alpha value is -0.560. The first kappa shape index (κ1) is 18.2. The second-order valence-corrected chi connectivity index (χ2v) is 10.4. The zero-order valence-corrected chi connectivity index (χ0v) is 15.8. The van der Waals surface area contributed by atoms with Crippen molar-refractivity contribution in [3.05, 3.63) is 29.8 Å². The van der Waals surface area contributed by atoms with E-state index in [1.165, 1.54) is 18.4 Å². The van der Waals surface area contributed by atoms with Crippen molar-refractivity contribution in [3.8, 4) is 0 Å². The van der Waals surface area contributed by atoms with Crippen LogP contribution in [0.5, 0.6) is 0 Å². The van der Waals surface area contributed by atoms with Crippen LogP contribution in [-0.2, 0) is 9.84 Å². The number of sulfone groups is 1. The molecule has 4 atom stereocenters. The van der Waals surface area contributed by atoms with Crippen molar-refractivity contribution in [2.75, 3.05) is 12.0 Å². The lowest BCUT2D eigenvalue weighted by Crippen LogP contribution is -2.40. The van der Waals surface area contributed by atoms with Crippen molar-refractivity contribution in [1.82, 2.24) is 5.32 Å². The van der Waals surface area contributed by atoms with Gasteiger partial charge in [-0.1, -0.05) is 18.6 Å². The molecule has 6 heteroatoms. The average molecular weight is 370 g/mol. The van der Waals surface area contributed by atoms with Gasteiger partial charge in [-0.25, -0.2) is 8.42 Å². The van der Waals surface area contributed by atoms with E-state index in [1.54, 1.807) is 12.1 Å². The van der Waals surface area contributed by atoms with Crippen molar-refractivity contribution in [2.24, 2.45) is 0 Å². The number of nitrogens with one attached hydrogen (secondary N) is 1. The number of hydrogen-bond acceptors (Lipinski definition) is 5. The summed E-state index contributed by atoms with van der Waals surface area (Å²) in [6.07, 6.45) is 7.49. The standard InChI is InChI=1S/C18H27NO3S2/c1-24(21,22)15-9-7-13(8-10-15)16-5-2-4-14(19-16)12-17(20)18-6-3-11-23-18/h7-10,14,16-20H,2-6,11-12H2,1H3/t14?,16?,17-,18?/m1/s1. The van der Waals surface area contributed by atoms with Gasteiger partial charge >= 0.3 is 0 Å². The fourth-order valence-electron chi connectivity index (χ4n) is 3.76. The van der Waals surface area contributed by atoms with Gasteiger partial charge in [-0.2, -0.15) is 11.8 Å². The molecule has 0 bridgehead atoms. The Morgan fingerprint density at radius 3 is 2.58 bits per heavy atom. The van der Waals surface area contributed by atoms with Gasteiger partial charge < -0.3 is 10.4 Å². The highest BCUT2D eigenvalue weighted by atomic mass is 32.2. The molecule has 3 rings (SSSR count). The third-order valence-electron chi connectivity index (χ3n) is 5.11. The van der Waals surface area contributed by atoms with E-state index in [9.17, 15) is 13.5 Å². The molecule has 0 aliphatic carbocycles. The molecule has 134 valence electrons. The zero-order valence-electron chi connectivity index (χ0n) is 14.1. The third kappa shape index (κ3) is 4.54. The van der Waals surface area contributed by atoms with Crippen LogP contribution in [0.15, 0.2) is 29.2 Å². The van der Waals surface area contributed by atoms with E-state index in [0.29, 0.717) is 16.2 Å². The predicted molar refractivity (Wildman–Crippen MR) is 99.2 cm³/mol. The minimum absolute atomic E-state index is 0.221. The molecule has 1 aromatic carbocycles. The van der Waals surface area contributed by atoms with Crippen LogP contribution in [0.4, 0.5) is 0 Å². The second-order valence-electron chi connectivity index (χ2n) is 7.04. The molecular formula is C18H27NO3S2. The molecule has 0 spiro atoms. The Kier molecular flexibility index (Phi) is 5.90. The lowest BCUT2D eigenvalue weighted by molar-refractivity contribution is 0.133. The summed E-state index contributed by atoms with van der Waals surface area (Å²) in [6.45, 7) is 0. The molecule has 0 aromatic heterocycles. The van der Waals surface area contributed by atoms with Crippen LogP contribution in [0.2, 0.25) is 0 Å². The van der Waals surface area contributed by atoms with Gasteiger partial charge in [0, 0.05) is 23.6 Å². The Labute approximate surface area is 149 Å². The highest BCUT2D eigenvalue weighted by Crippen LogP contribution is 2.33. The largest absolute Gasteiger partial charge is 0.392 e. The first-order valence-electron chi connectivity index (χ1n) is 8.79. The van der Waals surface area contributed by atoms with Crippen LogP contribution in [0.3, 0.4) is 0 Å². The molecule has 1 aromatic rings. The Bertz CT molecular complexity index is 639. The highest BCUT2D eigenvalue weighted by Gasteiger charge is 2.29. The molecule has 0 radical (unpaired) electrons. The van der Waals surface area contributed by atoms with E-state index >= 15 is 0 Å². The molecule has 2 N–H and O–H groups in total. The molecule has 24 heavy (non-hydrogen) atoms. The van der Waals surface area contributed by atoms with Crippen molar-refractivity contribution in [1.29, 1.82) is 0 Å². The molecular weight excluding hydrogens is 342 g/mol. The topological polar surface area (TPSA) is 66.4 Å². The monoisotopic (exact) mass is 369 g/mol. The van der Waals surface area contributed by atoms with E-state index in [4.69, 9.17) is 0 Å². The van der Waals surface area contributed by atoms with Crippen molar-refractivity contribution in [2.45, 2.75) is 66.9 Å². The van der Waals surface area contributed by atoms with E-state index in [0.717, 1.165) is 37.7 Å². The maximum absolute atomic E-state index is 11.6. The van der Waals surface area contributed by atoms with Crippen LogP contribution in [-0.4, -0.2) is 42.9 Å². The van der Waals surface area contributed by atoms with E-state index in [1.807, 2.05) is 23.9 Å². The smallest absolute Gasteiger partial charge is 0.175 e. The fourth-order valence-corrected chi connectivity index (χ4v) is 5.70. The summed E-state index contributed by atoms with van der Waals surface area (Å²) in [4.78, 5) is 0.368. The van der Waals surface area contributed by atoms with Crippen LogP contribution in [0.1, 0.15) is 50.1 Å². The summed E-state index contributed by atoms with van der Waals surface area (Å²) in [5.74, 6) is 1.18. The minimum Gasteiger partial charge on any atom is -0.392 e. The van der Waals surface area contributed by atoms with Crippen molar-refractivity contribution in [3.63, 3.8) is 0 Å². The molecule has 0 saturated carbocycles. The summed E-state index contributed by atoms with van der Waals surface area (Å²) in [5, 5.41) is 14.5. The van der Waals surface area contributed by atoms with Crippen LogP contribution in [0, 0.1) is 0 Å². The van der Waals surface area contributed by atoms with Gasteiger partial charge in [0.25, 0.3) is 0 Å². The SMILES string of the molecule is CS(=O)(=O)c1ccc(C2CCCC(C[C@@H](O)C3CCCS3)N2)cc1. The van der Waals surface area contributed by atoms with Gasteiger partial charge in [0.15, 0.2) is 9.84 Å².